The van der Waals surface area contributed by atoms with Crippen LogP contribution < -0.4 is 9.64 Å². The third-order valence-corrected chi connectivity index (χ3v) is 5.83. The van der Waals surface area contributed by atoms with Crippen molar-refractivity contribution in [2.45, 2.75) is 12.8 Å². The van der Waals surface area contributed by atoms with Crippen molar-refractivity contribution in [1.82, 2.24) is 10.2 Å². The molecule has 1 aliphatic carbocycles. The van der Waals surface area contributed by atoms with Crippen LogP contribution in [0.1, 0.15) is 11.3 Å². The third-order valence-electron chi connectivity index (χ3n) is 5.60. The summed E-state index contributed by atoms with van der Waals surface area (Å²) in [5.41, 5.74) is 6.68. The number of ether oxygens (including phenoxy) is 1. The lowest BCUT2D eigenvalue weighted by Crippen LogP contribution is -2.30. The summed E-state index contributed by atoms with van der Waals surface area (Å²) in [6.07, 6.45) is 1.27. The van der Waals surface area contributed by atoms with E-state index in [0.29, 0.717) is 10.9 Å². The minimum atomic E-state index is -0.508. The molecule has 0 bridgehead atoms. The van der Waals surface area contributed by atoms with Crippen molar-refractivity contribution >= 4 is 23.4 Å². The minimum absolute atomic E-state index is 0.305. The molecule has 1 aliphatic rings. The Balaban J connectivity index is 1.46. The van der Waals surface area contributed by atoms with Crippen molar-refractivity contribution in [1.29, 1.82) is 0 Å². The van der Waals surface area contributed by atoms with Crippen LogP contribution >= 0.6 is 11.6 Å². The predicted octanol–water partition coefficient (Wildman–Crippen LogP) is 6.13. The Morgan fingerprint density at radius 2 is 1.77 bits per heavy atom. The maximum atomic E-state index is 13.1. The number of halogens is 1. The maximum Gasteiger partial charge on any atom is 0.420 e. The number of anilines is 1. The Kier molecular flexibility index (Phi) is 4.96. The van der Waals surface area contributed by atoms with Crippen molar-refractivity contribution in [3.63, 3.8) is 0 Å². The number of carbonyl (C=O) groups is 1. The zero-order valence-electron chi connectivity index (χ0n) is 16.9. The van der Waals surface area contributed by atoms with Crippen LogP contribution in [0.15, 0.2) is 72.8 Å². The van der Waals surface area contributed by atoms with Crippen molar-refractivity contribution in [3.05, 3.63) is 89.1 Å². The lowest BCUT2D eigenvalue weighted by atomic mass is 9.90. The van der Waals surface area contributed by atoms with E-state index >= 15 is 0 Å². The van der Waals surface area contributed by atoms with Gasteiger partial charge in [-0.2, -0.15) is 0 Å². The number of rotatable bonds is 3. The normalized spacial score (nSPS) is 12.1. The van der Waals surface area contributed by atoms with Gasteiger partial charge in [-0.05, 0) is 47.7 Å². The largest absolute Gasteiger partial charge is 0.420 e. The molecule has 5 nitrogen and oxygen atoms in total. The van der Waals surface area contributed by atoms with Crippen LogP contribution in [0.5, 0.6) is 5.88 Å². The molecule has 6 heteroatoms. The third kappa shape index (κ3) is 3.57. The summed E-state index contributed by atoms with van der Waals surface area (Å²) in [5.74, 6) is 0.305. The van der Waals surface area contributed by atoms with E-state index in [1.54, 1.807) is 7.05 Å². The van der Waals surface area contributed by atoms with E-state index in [4.69, 9.17) is 16.3 Å². The summed E-state index contributed by atoms with van der Waals surface area (Å²) < 4.78 is 5.76. The number of aromatic nitrogens is 2. The molecule has 1 N–H and O–H groups in total. The van der Waals surface area contributed by atoms with Crippen LogP contribution in [0.3, 0.4) is 0 Å². The second-order valence-electron chi connectivity index (χ2n) is 7.49. The van der Waals surface area contributed by atoms with Gasteiger partial charge in [0.05, 0.1) is 11.3 Å². The molecule has 1 aromatic heterocycles. The highest BCUT2D eigenvalue weighted by Gasteiger charge is 2.26. The Morgan fingerprint density at radius 3 is 2.61 bits per heavy atom. The summed E-state index contributed by atoms with van der Waals surface area (Å²) in [4.78, 5) is 14.6. The summed E-state index contributed by atoms with van der Waals surface area (Å²) in [6.45, 7) is 0. The smallest absolute Gasteiger partial charge is 0.389 e. The van der Waals surface area contributed by atoms with Crippen LogP contribution in [-0.2, 0) is 12.8 Å². The molecule has 154 valence electrons. The zero-order chi connectivity index (χ0) is 21.4. The van der Waals surface area contributed by atoms with E-state index in [0.717, 1.165) is 46.5 Å². The molecule has 0 spiro atoms. The highest BCUT2D eigenvalue weighted by Crippen LogP contribution is 2.39. The van der Waals surface area contributed by atoms with E-state index in [1.165, 1.54) is 10.5 Å². The molecule has 0 aliphatic heterocycles. The molecule has 0 fully saturated rings. The zero-order valence-corrected chi connectivity index (χ0v) is 17.7. The Labute approximate surface area is 185 Å². The molecule has 0 atom stereocenters. The number of benzene rings is 3. The van der Waals surface area contributed by atoms with Gasteiger partial charge in [0, 0.05) is 23.3 Å². The highest BCUT2D eigenvalue weighted by molar-refractivity contribution is 6.30. The standard InChI is InChI=1S/C25H20ClN3O2/c1-29(22-12-5-4-10-19(22)17-8-6-9-18(26)15-17)25(30)31-24-23-20-11-3-2-7-16(20)13-14-21(23)27-28-24/h2-12,15H,13-14H2,1H3,(H,27,28). The average Bonchev–Trinajstić information content (AvgIpc) is 3.22. The molecule has 1 heterocycles. The van der Waals surface area contributed by atoms with Crippen molar-refractivity contribution < 1.29 is 9.53 Å². The maximum absolute atomic E-state index is 13.1. The quantitative estimate of drug-likeness (QED) is 0.426. The lowest BCUT2D eigenvalue weighted by molar-refractivity contribution is 0.207. The van der Waals surface area contributed by atoms with Crippen LogP contribution in [0.4, 0.5) is 10.5 Å². The number of nitrogens with one attached hydrogen (secondary N) is 1. The molecule has 0 saturated carbocycles. The van der Waals surface area contributed by atoms with Gasteiger partial charge in [0.2, 0.25) is 0 Å². The molecular weight excluding hydrogens is 410 g/mol. The number of fused-ring (bicyclic) bond motifs is 3. The summed E-state index contributed by atoms with van der Waals surface area (Å²) >= 11 is 6.18. The molecule has 0 unspecified atom stereocenters. The second kappa shape index (κ2) is 7.93. The van der Waals surface area contributed by atoms with Crippen molar-refractivity contribution in [2.75, 3.05) is 11.9 Å². The first-order valence-electron chi connectivity index (χ1n) is 10.1. The Hall–Kier alpha value is -3.57. The van der Waals surface area contributed by atoms with Gasteiger partial charge in [0.1, 0.15) is 0 Å². The van der Waals surface area contributed by atoms with Gasteiger partial charge in [-0.25, -0.2) is 4.79 Å². The Morgan fingerprint density at radius 1 is 1.00 bits per heavy atom. The number of hydrogen-bond donors (Lipinski definition) is 1. The second-order valence-corrected chi connectivity index (χ2v) is 7.93. The SMILES string of the molecule is CN(C(=O)Oc1n[nH]c2c1-c1ccccc1CC2)c1ccccc1-c1cccc(Cl)c1. The highest BCUT2D eigenvalue weighted by atomic mass is 35.5. The Bertz CT molecular complexity index is 1280. The molecule has 31 heavy (non-hydrogen) atoms. The first kappa shape index (κ1) is 19.4. The first-order valence-corrected chi connectivity index (χ1v) is 10.5. The fraction of sp³-hybridized carbons (Fsp3) is 0.120. The molecule has 0 radical (unpaired) electrons. The number of H-pyrrole nitrogens is 1. The van der Waals surface area contributed by atoms with Crippen LogP contribution in [0.2, 0.25) is 5.02 Å². The van der Waals surface area contributed by atoms with Crippen LogP contribution in [-0.4, -0.2) is 23.3 Å². The van der Waals surface area contributed by atoms with Gasteiger partial charge in [-0.15, -0.1) is 5.10 Å². The van der Waals surface area contributed by atoms with Crippen LogP contribution in [0, 0.1) is 0 Å². The summed E-state index contributed by atoms with van der Waals surface area (Å²) in [6, 6.07) is 23.4. The number of carbonyl (C=O) groups excluding carboxylic acids is 1. The lowest BCUT2D eigenvalue weighted by Gasteiger charge is -2.21. The van der Waals surface area contributed by atoms with Gasteiger partial charge < -0.3 is 4.74 Å². The first-order chi connectivity index (χ1) is 15.1. The number of aromatic amines is 1. The van der Waals surface area contributed by atoms with E-state index < -0.39 is 6.09 Å². The van der Waals surface area contributed by atoms with Gasteiger partial charge in [-0.3, -0.25) is 10.00 Å². The fourth-order valence-corrected chi connectivity index (χ4v) is 4.24. The molecule has 3 aromatic carbocycles. The van der Waals surface area contributed by atoms with Crippen molar-refractivity contribution in [3.8, 4) is 28.1 Å². The van der Waals surface area contributed by atoms with Gasteiger partial charge in [0.25, 0.3) is 5.88 Å². The molecule has 4 aromatic rings. The number of para-hydroxylation sites is 1. The molecule has 5 rings (SSSR count). The predicted molar refractivity (Wildman–Crippen MR) is 123 cm³/mol. The molecule has 0 saturated heterocycles. The number of hydrogen-bond acceptors (Lipinski definition) is 3. The van der Waals surface area contributed by atoms with Gasteiger partial charge >= 0.3 is 6.09 Å². The average molecular weight is 430 g/mol. The van der Waals surface area contributed by atoms with Gasteiger partial charge in [-0.1, -0.05) is 66.2 Å². The van der Waals surface area contributed by atoms with E-state index in [1.807, 2.05) is 66.7 Å². The summed E-state index contributed by atoms with van der Waals surface area (Å²) in [5, 5.41) is 7.97. The van der Waals surface area contributed by atoms with E-state index in [2.05, 4.69) is 16.3 Å². The molecular formula is C25H20ClN3O2. The number of nitrogens with zero attached hydrogens (tertiary/aromatic N) is 2. The van der Waals surface area contributed by atoms with Crippen molar-refractivity contribution in [2.24, 2.45) is 0 Å². The number of aryl methyl sites for hydroxylation is 2. The fourth-order valence-electron chi connectivity index (χ4n) is 4.05. The van der Waals surface area contributed by atoms with Crippen LogP contribution in [0.25, 0.3) is 22.3 Å². The summed E-state index contributed by atoms with van der Waals surface area (Å²) in [7, 11) is 1.69. The molecule has 1 amide bonds. The number of amides is 1. The van der Waals surface area contributed by atoms with E-state index in [-0.39, 0.29) is 0 Å². The monoisotopic (exact) mass is 429 g/mol. The minimum Gasteiger partial charge on any atom is -0.389 e. The topological polar surface area (TPSA) is 58.2 Å². The van der Waals surface area contributed by atoms with E-state index in [9.17, 15) is 4.79 Å². The van der Waals surface area contributed by atoms with Gasteiger partial charge in [0.15, 0.2) is 0 Å².